The number of aromatic nitrogens is 2. The third-order valence-corrected chi connectivity index (χ3v) is 6.54. The zero-order valence-corrected chi connectivity index (χ0v) is 22.1. The number of hydrogen-bond acceptors (Lipinski definition) is 3. The molecule has 0 saturated heterocycles. The van der Waals surface area contributed by atoms with Gasteiger partial charge in [-0.2, -0.15) is 5.10 Å². The fourth-order valence-electron chi connectivity index (χ4n) is 3.68. The number of ether oxygens (including phenoxy) is 1. The summed E-state index contributed by atoms with van der Waals surface area (Å²) < 4.78 is 8.42. The Morgan fingerprint density at radius 3 is 2.60 bits per heavy atom. The summed E-state index contributed by atoms with van der Waals surface area (Å²) in [6.45, 7) is 2.91. The Balaban J connectivity index is 1.60. The van der Waals surface area contributed by atoms with Crippen molar-refractivity contribution >= 4 is 45.0 Å². The van der Waals surface area contributed by atoms with Crippen molar-refractivity contribution in [3.8, 4) is 16.9 Å². The number of halogens is 3. The van der Waals surface area contributed by atoms with Crippen LogP contribution in [0.4, 0.5) is 0 Å². The lowest BCUT2D eigenvalue weighted by atomic mass is 10.1. The number of hydrogen-bond donors (Lipinski definition) is 1. The summed E-state index contributed by atoms with van der Waals surface area (Å²) in [7, 11) is 0. The molecule has 0 bridgehead atoms. The van der Waals surface area contributed by atoms with E-state index in [-0.39, 0.29) is 11.9 Å². The SMILES string of the molecule is CCC(COCc1ccccc1)NC(=O)c1cnn(-c2ccc(Cl)cc2Cl)c1-c1cccc(Br)c1. The van der Waals surface area contributed by atoms with Crippen molar-refractivity contribution in [1.29, 1.82) is 0 Å². The van der Waals surface area contributed by atoms with Crippen molar-refractivity contribution in [3.05, 3.63) is 105 Å². The molecular weight excluding hydrogens is 549 g/mol. The third-order valence-electron chi connectivity index (χ3n) is 5.51. The molecular formula is C27H24BrCl2N3O2. The topological polar surface area (TPSA) is 56.1 Å². The molecule has 1 atom stereocenters. The van der Waals surface area contributed by atoms with Gasteiger partial charge < -0.3 is 10.1 Å². The van der Waals surface area contributed by atoms with Gasteiger partial charge in [-0.15, -0.1) is 0 Å². The Morgan fingerprint density at radius 1 is 1.09 bits per heavy atom. The molecule has 4 aromatic rings. The first kappa shape index (κ1) is 25.5. The van der Waals surface area contributed by atoms with Crippen LogP contribution in [0.2, 0.25) is 10.0 Å². The summed E-state index contributed by atoms with van der Waals surface area (Å²) >= 11 is 16.1. The van der Waals surface area contributed by atoms with Crippen LogP contribution in [-0.4, -0.2) is 28.3 Å². The lowest BCUT2D eigenvalue weighted by Crippen LogP contribution is -2.37. The molecule has 0 aliphatic heterocycles. The highest BCUT2D eigenvalue weighted by Crippen LogP contribution is 2.32. The van der Waals surface area contributed by atoms with E-state index in [1.165, 1.54) is 0 Å². The van der Waals surface area contributed by atoms with Crippen molar-refractivity contribution in [2.75, 3.05) is 6.61 Å². The first-order chi connectivity index (χ1) is 17.0. The molecule has 1 unspecified atom stereocenters. The fourth-order valence-corrected chi connectivity index (χ4v) is 4.57. The molecule has 180 valence electrons. The van der Waals surface area contributed by atoms with Gasteiger partial charge in [-0.1, -0.05) is 88.5 Å². The summed E-state index contributed by atoms with van der Waals surface area (Å²) in [5, 5.41) is 8.58. The van der Waals surface area contributed by atoms with E-state index in [1.54, 1.807) is 29.1 Å². The first-order valence-corrected chi connectivity index (χ1v) is 12.7. The molecule has 0 spiro atoms. The van der Waals surface area contributed by atoms with Crippen LogP contribution in [0, 0.1) is 0 Å². The second-order valence-corrected chi connectivity index (χ2v) is 9.76. The average molecular weight is 573 g/mol. The molecule has 8 heteroatoms. The minimum absolute atomic E-state index is 0.149. The largest absolute Gasteiger partial charge is 0.375 e. The smallest absolute Gasteiger partial charge is 0.255 e. The number of nitrogens with one attached hydrogen (secondary N) is 1. The summed E-state index contributed by atoms with van der Waals surface area (Å²) in [5.41, 5.74) is 3.61. The van der Waals surface area contributed by atoms with E-state index in [4.69, 9.17) is 27.9 Å². The van der Waals surface area contributed by atoms with Crippen molar-refractivity contribution in [3.63, 3.8) is 0 Å². The van der Waals surface area contributed by atoms with E-state index >= 15 is 0 Å². The van der Waals surface area contributed by atoms with E-state index in [0.29, 0.717) is 40.2 Å². The lowest BCUT2D eigenvalue weighted by Gasteiger charge is -2.18. The number of amides is 1. The normalized spacial score (nSPS) is 11.9. The lowest BCUT2D eigenvalue weighted by molar-refractivity contribution is 0.0792. The number of carbonyl (C=O) groups excluding carboxylic acids is 1. The zero-order chi connectivity index (χ0) is 24.8. The first-order valence-electron chi connectivity index (χ1n) is 11.2. The summed E-state index contributed by atoms with van der Waals surface area (Å²) in [6, 6.07) is 22.7. The van der Waals surface area contributed by atoms with Gasteiger partial charge in [0.05, 0.1) is 47.4 Å². The van der Waals surface area contributed by atoms with Gasteiger partial charge in [0, 0.05) is 15.1 Å². The Labute approximate surface area is 223 Å². The highest BCUT2D eigenvalue weighted by Gasteiger charge is 2.23. The van der Waals surface area contributed by atoms with Crippen LogP contribution < -0.4 is 5.32 Å². The molecule has 1 heterocycles. The van der Waals surface area contributed by atoms with Gasteiger partial charge in [0.1, 0.15) is 0 Å². The molecule has 5 nitrogen and oxygen atoms in total. The Bertz CT molecular complexity index is 1310. The van der Waals surface area contributed by atoms with Crippen LogP contribution >= 0.6 is 39.1 Å². The number of benzene rings is 3. The maximum Gasteiger partial charge on any atom is 0.255 e. The highest BCUT2D eigenvalue weighted by molar-refractivity contribution is 9.10. The van der Waals surface area contributed by atoms with E-state index in [9.17, 15) is 4.79 Å². The molecule has 0 saturated carbocycles. The molecule has 1 amide bonds. The molecule has 1 N–H and O–H groups in total. The standard InChI is InChI=1S/C27H24BrCl2N3O2/c1-2-22(17-35-16-18-7-4-3-5-8-18)32-27(34)23-15-31-33(25-12-11-21(29)14-24(25)30)26(23)19-9-6-10-20(28)13-19/h3-15,22H,2,16-17H2,1H3,(H,32,34). The summed E-state index contributed by atoms with van der Waals surface area (Å²) in [5.74, 6) is -0.230. The molecule has 0 fully saturated rings. The van der Waals surface area contributed by atoms with Crippen molar-refractivity contribution in [2.45, 2.75) is 26.0 Å². The van der Waals surface area contributed by atoms with Gasteiger partial charge in [0.2, 0.25) is 0 Å². The minimum Gasteiger partial charge on any atom is -0.375 e. The second kappa shape index (κ2) is 11.9. The molecule has 35 heavy (non-hydrogen) atoms. The monoisotopic (exact) mass is 571 g/mol. The molecule has 3 aromatic carbocycles. The van der Waals surface area contributed by atoms with Gasteiger partial charge >= 0.3 is 0 Å². The molecule has 0 aliphatic carbocycles. The van der Waals surface area contributed by atoms with Crippen molar-refractivity contribution in [1.82, 2.24) is 15.1 Å². The van der Waals surface area contributed by atoms with Gasteiger partial charge in [-0.05, 0) is 42.3 Å². The predicted molar refractivity (Wildman–Crippen MR) is 144 cm³/mol. The van der Waals surface area contributed by atoms with Crippen molar-refractivity contribution in [2.24, 2.45) is 0 Å². The van der Waals surface area contributed by atoms with Gasteiger partial charge in [-0.3, -0.25) is 4.79 Å². The molecule has 4 rings (SSSR count). The van der Waals surface area contributed by atoms with E-state index < -0.39 is 0 Å². The van der Waals surface area contributed by atoms with Crippen molar-refractivity contribution < 1.29 is 9.53 Å². The van der Waals surface area contributed by atoms with E-state index in [0.717, 1.165) is 22.0 Å². The highest BCUT2D eigenvalue weighted by atomic mass is 79.9. The Hall–Kier alpha value is -2.64. The fraction of sp³-hybridized carbons (Fsp3) is 0.185. The maximum absolute atomic E-state index is 13.4. The zero-order valence-electron chi connectivity index (χ0n) is 19.0. The third kappa shape index (κ3) is 6.33. The van der Waals surface area contributed by atoms with Crippen LogP contribution in [-0.2, 0) is 11.3 Å². The molecule has 0 aliphatic rings. The van der Waals surface area contributed by atoms with Crippen LogP contribution in [0.3, 0.4) is 0 Å². The van der Waals surface area contributed by atoms with E-state index in [1.807, 2.05) is 61.5 Å². The van der Waals surface area contributed by atoms with Gasteiger partial charge in [-0.25, -0.2) is 4.68 Å². The second-order valence-electron chi connectivity index (χ2n) is 8.00. The average Bonchev–Trinajstić information content (AvgIpc) is 3.29. The van der Waals surface area contributed by atoms with E-state index in [2.05, 4.69) is 26.3 Å². The Kier molecular flexibility index (Phi) is 8.63. The number of carbonyl (C=O) groups is 1. The molecule has 1 aromatic heterocycles. The Morgan fingerprint density at radius 2 is 1.89 bits per heavy atom. The maximum atomic E-state index is 13.4. The number of rotatable bonds is 9. The van der Waals surface area contributed by atoms with Gasteiger partial charge in [0.25, 0.3) is 5.91 Å². The quantitative estimate of drug-likeness (QED) is 0.228. The van der Waals surface area contributed by atoms with Crippen LogP contribution in [0.15, 0.2) is 83.5 Å². The summed E-state index contributed by atoms with van der Waals surface area (Å²) in [6.07, 6.45) is 2.29. The van der Waals surface area contributed by atoms with Crippen LogP contribution in [0.5, 0.6) is 0 Å². The predicted octanol–water partition coefficient (Wildman–Crippen LogP) is 7.33. The molecule has 0 radical (unpaired) electrons. The number of nitrogens with zero attached hydrogens (tertiary/aromatic N) is 2. The minimum atomic E-state index is -0.230. The van der Waals surface area contributed by atoms with Gasteiger partial charge in [0.15, 0.2) is 0 Å². The van der Waals surface area contributed by atoms with Crippen LogP contribution in [0.1, 0.15) is 29.3 Å². The van der Waals surface area contributed by atoms with Crippen LogP contribution in [0.25, 0.3) is 16.9 Å². The summed E-state index contributed by atoms with van der Waals surface area (Å²) in [4.78, 5) is 13.4.